The summed E-state index contributed by atoms with van der Waals surface area (Å²) in [5.74, 6) is 1.86. The number of thioether (sulfide) groups is 2. The molecule has 0 amide bonds. The molecule has 2 aromatic carbocycles. The largest absolute Gasteiger partial charge is 0.481 e. The van der Waals surface area contributed by atoms with Gasteiger partial charge in [-0.25, -0.2) is 4.98 Å². The summed E-state index contributed by atoms with van der Waals surface area (Å²) in [6.45, 7) is 1.60. The summed E-state index contributed by atoms with van der Waals surface area (Å²) in [4.78, 5) is 33.1. The Hall–Kier alpha value is -3.17. The van der Waals surface area contributed by atoms with Gasteiger partial charge in [-0.1, -0.05) is 30.3 Å². The number of anilines is 2. The van der Waals surface area contributed by atoms with Crippen molar-refractivity contribution in [2.75, 3.05) is 48.5 Å². The van der Waals surface area contributed by atoms with Crippen molar-refractivity contribution in [3.05, 3.63) is 77.9 Å². The van der Waals surface area contributed by atoms with Crippen LogP contribution in [-0.4, -0.2) is 65.8 Å². The molecular formula is C27H31N3O4S2. The van der Waals surface area contributed by atoms with Crippen molar-refractivity contribution in [3.63, 3.8) is 0 Å². The van der Waals surface area contributed by atoms with Gasteiger partial charge in [-0.3, -0.25) is 9.59 Å². The monoisotopic (exact) mass is 525 g/mol. The van der Waals surface area contributed by atoms with E-state index in [2.05, 4.69) is 9.80 Å². The van der Waals surface area contributed by atoms with Crippen LogP contribution < -0.4 is 9.80 Å². The van der Waals surface area contributed by atoms with Crippen molar-refractivity contribution in [3.8, 4) is 0 Å². The second kappa shape index (κ2) is 13.8. The highest BCUT2D eigenvalue weighted by Gasteiger charge is 2.09. The standard InChI is InChI=1S/C27H31N3O4S2/c1-29(12-14-35-22-8-3-6-20(16-22)18-26(31)32)24-10-5-11-25(28-24)30(2)13-15-36-23-9-4-7-21(17-23)19-27(33)34/h3-11,16-17H,12-15,18-19H2,1-2H3,(H,31,32)(H,33,34). The number of carboxylic acids is 2. The van der Waals surface area contributed by atoms with Crippen LogP contribution in [-0.2, 0) is 22.4 Å². The zero-order chi connectivity index (χ0) is 25.9. The SMILES string of the molecule is CN(CCSc1cccc(CC(=O)O)c1)c1cccc(N(C)CCSc2cccc(CC(=O)O)c2)n1. The third-order valence-electron chi connectivity index (χ3n) is 5.40. The molecule has 0 fully saturated rings. The van der Waals surface area contributed by atoms with Crippen molar-refractivity contribution in [1.29, 1.82) is 0 Å². The molecule has 2 N–H and O–H groups in total. The highest BCUT2D eigenvalue weighted by Crippen LogP contribution is 2.23. The minimum absolute atomic E-state index is 0.0359. The summed E-state index contributed by atoms with van der Waals surface area (Å²) in [5.41, 5.74) is 1.62. The van der Waals surface area contributed by atoms with Gasteiger partial charge in [0.25, 0.3) is 0 Å². The van der Waals surface area contributed by atoms with Crippen LogP contribution in [0.25, 0.3) is 0 Å². The molecule has 0 atom stereocenters. The Bertz CT molecular complexity index is 1090. The van der Waals surface area contributed by atoms with Crippen LogP contribution >= 0.6 is 23.5 Å². The number of pyridine rings is 1. The fourth-order valence-electron chi connectivity index (χ4n) is 3.51. The first-order chi connectivity index (χ1) is 17.3. The molecule has 0 aliphatic carbocycles. The number of carbonyl (C=O) groups is 2. The van der Waals surface area contributed by atoms with Gasteiger partial charge in [0.2, 0.25) is 0 Å². The Morgan fingerprint density at radius 3 is 1.56 bits per heavy atom. The molecule has 0 saturated heterocycles. The molecule has 0 unspecified atom stereocenters. The van der Waals surface area contributed by atoms with E-state index >= 15 is 0 Å². The molecule has 1 aromatic heterocycles. The molecule has 0 aliphatic rings. The molecule has 36 heavy (non-hydrogen) atoms. The predicted octanol–water partition coefficient (Wildman–Crippen LogP) is 4.79. The molecule has 0 spiro atoms. The van der Waals surface area contributed by atoms with Gasteiger partial charge in [0.1, 0.15) is 11.6 Å². The van der Waals surface area contributed by atoms with Crippen LogP contribution in [0.4, 0.5) is 11.6 Å². The average molecular weight is 526 g/mol. The first kappa shape index (κ1) is 27.4. The van der Waals surface area contributed by atoms with E-state index in [9.17, 15) is 9.59 Å². The summed E-state index contributed by atoms with van der Waals surface area (Å²) in [6, 6.07) is 21.4. The second-order valence-corrected chi connectivity index (χ2v) is 10.7. The van der Waals surface area contributed by atoms with Gasteiger partial charge >= 0.3 is 11.9 Å². The topological polar surface area (TPSA) is 94.0 Å². The first-order valence-corrected chi connectivity index (χ1v) is 13.5. The molecular weight excluding hydrogens is 494 g/mol. The smallest absolute Gasteiger partial charge is 0.307 e. The molecule has 0 bridgehead atoms. The van der Waals surface area contributed by atoms with Crippen molar-refractivity contribution in [2.45, 2.75) is 22.6 Å². The zero-order valence-electron chi connectivity index (χ0n) is 20.5. The molecule has 1 heterocycles. The summed E-state index contributed by atoms with van der Waals surface area (Å²) >= 11 is 3.40. The third kappa shape index (κ3) is 9.13. The number of hydrogen-bond acceptors (Lipinski definition) is 7. The zero-order valence-corrected chi connectivity index (χ0v) is 22.1. The van der Waals surface area contributed by atoms with Crippen LogP contribution in [0.2, 0.25) is 0 Å². The van der Waals surface area contributed by atoms with E-state index in [1.807, 2.05) is 80.8 Å². The molecule has 3 aromatic rings. The minimum atomic E-state index is -0.823. The highest BCUT2D eigenvalue weighted by molar-refractivity contribution is 7.99. The van der Waals surface area contributed by atoms with E-state index in [-0.39, 0.29) is 12.8 Å². The molecule has 190 valence electrons. The van der Waals surface area contributed by atoms with Crippen molar-refractivity contribution in [1.82, 2.24) is 4.98 Å². The van der Waals surface area contributed by atoms with Crippen LogP contribution in [0.15, 0.2) is 76.5 Å². The Morgan fingerprint density at radius 2 is 1.14 bits per heavy atom. The third-order valence-corrected chi connectivity index (χ3v) is 7.35. The van der Waals surface area contributed by atoms with Gasteiger partial charge in [0.15, 0.2) is 0 Å². The molecule has 0 radical (unpaired) electrons. The maximum absolute atomic E-state index is 10.9. The number of hydrogen-bond donors (Lipinski definition) is 2. The van der Waals surface area contributed by atoms with Gasteiger partial charge in [-0.15, -0.1) is 23.5 Å². The predicted molar refractivity (Wildman–Crippen MR) is 148 cm³/mol. The van der Waals surface area contributed by atoms with E-state index in [1.165, 1.54) is 0 Å². The van der Waals surface area contributed by atoms with Gasteiger partial charge in [-0.2, -0.15) is 0 Å². The average Bonchev–Trinajstić information content (AvgIpc) is 2.83. The summed E-state index contributed by atoms with van der Waals surface area (Å²) in [6.07, 6.45) is 0.0717. The normalized spacial score (nSPS) is 10.7. The number of aliphatic carboxylic acids is 2. The van der Waals surface area contributed by atoms with E-state index < -0.39 is 11.9 Å². The molecule has 7 nitrogen and oxygen atoms in total. The van der Waals surface area contributed by atoms with Crippen LogP contribution in [0.1, 0.15) is 11.1 Å². The fraction of sp³-hybridized carbons (Fsp3) is 0.296. The molecule has 0 aliphatic heterocycles. The lowest BCUT2D eigenvalue weighted by atomic mass is 10.2. The maximum Gasteiger partial charge on any atom is 0.307 e. The maximum atomic E-state index is 10.9. The van der Waals surface area contributed by atoms with Crippen molar-refractivity contribution in [2.24, 2.45) is 0 Å². The second-order valence-electron chi connectivity index (χ2n) is 8.33. The molecule has 9 heteroatoms. The first-order valence-electron chi connectivity index (χ1n) is 11.6. The Labute approximate surface area is 220 Å². The Kier molecular flexibility index (Phi) is 10.5. The quantitative estimate of drug-likeness (QED) is 0.288. The van der Waals surface area contributed by atoms with Gasteiger partial charge in [0, 0.05) is 48.5 Å². The fourth-order valence-corrected chi connectivity index (χ4v) is 5.53. The van der Waals surface area contributed by atoms with Crippen molar-refractivity contribution < 1.29 is 19.8 Å². The minimum Gasteiger partial charge on any atom is -0.481 e. The van der Waals surface area contributed by atoms with E-state index in [0.29, 0.717) is 0 Å². The highest BCUT2D eigenvalue weighted by atomic mass is 32.2. The van der Waals surface area contributed by atoms with Crippen LogP contribution in [0.5, 0.6) is 0 Å². The number of rotatable bonds is 14. The molecule has 0 saturated carbocycles. The van der Waals surface area contributed by atoms with Gasteiger partial charge < -0.3 is 20.0 Å². The Morgan fingerprint density at radius 1 is 0.722 bits per heavy atom. The summed E-state index contributed by atoms with van der Waals surface area (Å²) in [5, 5.41) is 18.0. The lowest BCUT2D eigenvalue weighted by Crippen LogP contribution is -2.24. The lowest BCUT2D eigenvalue weighted by Gasteiger charge is -2.22. The number of carboxylic acid groups (broad SMARTS) is 2. The number of aromatic nitrogens is 1. The molecule has 3 rings (SSSR count). The summed E-state index contributed by atoms with van der Waals surface area (Å²) < 4.78 is 0. The number of benzene rings is 2. The number of nitrogens with zero attached hydrogens (tertiary/aromatic N) is 3. The van der Waals surface area contributed by atoms with Gasteiger partial charge in [-0.05, 0) is 47.5 Å². The van der Waals surface area contributed by atoms with E-state index in [4.69, 9.17) is 15.2 Å². The van der Waals surface area contributed by atoms with Crippen LogP contribution in [0, 0.1) is 0 Å². The van der Waals surface area contributed by atoms with E-state index in [0.717, 1.165) is 57.1 Å². The van der Waals surface area contributed by atoms with E-state index in [1.54, 1.807) is 23.5 Å². The summed E-state index contributed by atoms with van der Waals surface area (Å²) in [7, 11) is 4.04. The lowest BCUT2D eigenvalue weighted by molar-refractivity contribution is -0.137. The van der Waals surface area contributed by atoms with Gasteiger partial charge in [0.05, 0.1) is 12.8 Å². The Balaban J connectivity index is 1.48. The van der Waals surface area contributed by atoms with Crippen LogP contribution in [0.3, 0.4) is 0 Å². The van der Waals surface area contributed by atoms with Crippen molar-refractivity contribution >= 4 is 47.1 Å².